The predicted molar refractivity (Wildman–Crippen MR) is 44.7 cm³/mol. The molecule has 0 aliphatic heterocycles. The number of halogens is 1. The molecule has 1 heterocycles. The third-order valence-corrected chi connectivity index (χ3v) is 1.83. The van der Waals surface area contributed by atoms with Gasteiger partial charge in [-0.25, -0.2) is 0 Å². The molecule has 0 N–H and O–H groups in total. The second-order valence-electron chi connectivity index (χ2n) is 2.35. The molecule has 0 unspecified atom stereocenters. The number of rotatable bonds is 2. The van der Waals surface area contributed by atoms with Crippen LogP contribution in [0.1, 0.15) is 11.1 Å². The Kier molecular flexibility index (Phi) is 2.85. The first-order valence-electron chi connectivity index (χ1n) is 3.33. The number of methoxy groups -OCH3 is 1. The Balaban J connectivity index is 3.00. The average molecular weight is 172 g/mol. The standard InChI is InChI=1S/C8H10ClNO/c1-6-3-10-4-8(9)7(6)5-11-2/h3-4H,5H2,1-2H3. The number of ether oxygens (including phenoxy) is 1. The molecule has 0 aromatic carbocycles. The number of aryl methyl sites for hydroxylation is 1. The molecule has 0 atom stereocenters. The zero-order chi connectivity index (χ0) is 8.27. The number of nitrogens with zero attached hydrogens (tertiary/aromatic N) is 1. The van der Waals surface area contributed by atoms with Crippen LogP contribution in [0.4, 0.5) is 0 Å². The topological polar surface area (TPSA) is 22.1 Å². The molecule has 0 bridgehead atoms. The first kappa shape index (κ1) is 8.50. The van der Waals surface area contributed by atoms with E-state index < -0.39 is 0 Å². The highest BCUT2D eigenvalue weighted by molar-refractivity contribution is 6.31. The van der Waals surface area contributed by atoms with Crippen LogP contribution in [-0.4, -0.2) is 12.1 Å². The second-order valence-corrected chi connectivity index (χ2v) is 2.76. The number of hydrogen-bond acceptors (Lipinski definition) is 2. The maximum absolute atomic E-state index is 5.87. The lowest BCUT2D eigenvalue weighted by atomic mass is 10.2. The lowest BCUT2D eigenvalue weighted by Gasteiger charge is -2.04. The first-order chi connectivity index (χ1) is 5.25. The molecule has 0 amide bonds. The highest BCUT2D eigenvalue weighted by Gasteiger charge is 2.02. The van der Waals surface area contributed by atoms with Crippen molar-refractivity contribution in [3.8, 4) is 0 Å². The first-order valence-corrected chi connectivity index (χ1v) is 3.71. The van der Waals surface area contributed by atoms with Gasteiger partial charge in [-0.3, -0.25) is 4.98 Å². The smallest absolute Gasteiger partial charge is 0.0731 e. The summed E-state index contributed by atoms with van der Waals surface area (Å²) in [6.45, 7) is 2.51. The van der Waals surface area contributed by atoms with Crippen LogP contribution in [0.2, 0.25) is 5.02 Å². The molecule has 0 spiro atoms. The van der Waals surface area contributed by atoms with Crippen molar-refractivity contribution in [1.29, 1.82) is 0 Å². The van der Waals surface area contributed by atoms with Crippen molar-refractivity contribution in [3.63, 3.8) is 0 Å². The van der Waals surface area contributed by atoms with Crippen LogP contribution in [-0.2, 0) is 11.3 Å². The van der Waals surface area contributed by atoms with E-state index in [1.54, 1.807) is 19.5 Å². The Labute approximate surface area is 71.2 Å². The summed E-state index contributed by atoms with van der Waals surface area (Å²) in [6.07, 6.45) is 3.41. The van der Waals surface area contributed by atoms with Gasteiger partial charge in [0, 0.05) is 25.1 Å². The summed E-state index contributed by atoms with van der Waals surface area (Å²) in [5.74, 6) is 0. The average Bonchev–Trinajstić information content (AvgIpc) is 1.97. The molecule has 0 fully saturated rings. The highest BCUT2D eigenvalue weighted by Crippen LogP contribution is 2.18. The van der Waals surface area contributed by atoms with Crippen LogP contribution in [0, 0.1) is 6.92 Å². The largest absolute Gasteiger partial charge is 0.380 e. The normalized spacial score (nSPS) is 10.1. The molecule has 60 valence electrons. The SMILES string of the molecule is COCc1c(C)cncc1Cl. The van der Waals surface area contributed by atoms with Crippen LogP contribution in [0.3, 0.4) is 0 Å². The highest BCUT2D eigenvalue weighted by atomic mass is 35.5. The van der Waals surface area contributed by atoms with Gasteiger partial charge in [0.25, 0.3) is 0 Å². The van der Waals surface area contributed by atoms with Crippen molar-refractivity contribution in [2.75, 3.05) is 7.11 Å². The van der Waals surface area contributed by atoms with E-state index in [1.165, 1.54) is 0 Å². The van der Waals surface area contributed by atoms with E-state index in [0.717, 1.165) is 11.1 Å². The van der Waals surface area contributed by atoms with Gasteiger partial charge < -0.3 is 4.74 Å². The molecule has 1 aromatic rings. The Bertz CT molecular complexity index is 230. The molecule has 0 radical (unpaired) electrons. The molecule has 11 heavy (non-hydrogen) atoms. The van der Waals surface area contributed by atoms with Gasteiger partial charge in [-0.2, -0.15) is 0 Å². The Hall–Kier alpha value is -0.600. The minimum atomic E-state index is 0.549. The summed E-state index contributed by atoms with van der Waals surface area (Å²) in [5, 5.41) is 0.673. The van der Waals surface area contributed by atoms with Crippen LogP contribution in [0.25, 0.3) is 0 Å². The van der Waals surface area contributed by atoms with Gasteiger partial charge in [0.2, 0.25) is 0 Å². The Morgan fingerprint density at radius 1 is 1.55 bits per heavy atom. The maximum atomic E-state index is 5.87. The zero-order valence-corrected chi connectivity index (χ0v) is 7.35. The van der Waals surface area contributed by atoms with Crippen molar-refractivity contribution in [1.82, 2.24) is 4.98 Å². The van der Waals surface area contributed by atoms with Crippen molar-refractivity contribution in [3.05, 3.63) is 28.5 Å². The second kappa shape index (κ2) is 3.69. The lowest BCUT2D eigenvalue weighted by molar-refractivity contribution is 0.184. The molecule has 0 aliphatic rings. The monoisotopic (exact) mass is 171 g/mol. The number of pyridine rings is 1. The predicted octanol–water partition coefficient (Wildman–Crippen LogP) is 2.19. The van der Waals surface area contributed by atoms with Gasteiger partial charge >= 0.3 is 0 Å². The van der Waals surface area contributed by atoms with E-state index in [2.05, 4.69) is 4.98 Å². The number of hydrogen-bond donors (Lipinski definition) is 0. The Morgan fingerprint density at radius 2 is 2.27 bits per heavy atom. The fourth-order valence-electron chi connectivity index (χ4n) is 0.886. The fourth-order valence-corrected chi connectivity index (χ4v) is 1.15. The summed E-state index contributed by atoms with van der Waals surface area (Å²) in [6, 6.07) is 0. The van der Waals surface area contributed by atoms with E-state index in [0.29, 0.717) is 11.6 Å². The van der Waals surface area contributed by atoms with Crippen LogP contribution in [0.5, 0.6) is 0 Å². The molecule has 0 saturated carbocycles. The van der Waals surface area contributed by atoms with Crippen molar-refractivity contribution >= 4 is 11.6 Å². The molecule has 3 heteroatoms. The van der Waals surface area contributed by atoms with Gasteiger partial charge in [-0.1, -0.05) is 11.6 Å². The Morgan fingerprint density at radius 3 is 2.82 bits per heavy atom. The summed E-state index contributed by atoms with van der Waals surface area (Å²) in [5.41, 5.74) is 2.09. The van der Waals surface area contributed by atoms with Crippen LogP contribution in [0.15, 0.2) is 12.4 Å². The minimum Gasteiger partial charge on any atom is -0.380 e. The van der Waals surface area contributed by atoms with E-state index in [4.69, 9.17) is 16.3 Å². The molecule has 1 aromatic heterocycles. The van der Waals surface area contributed by atoms with Crippen molar-refractivity contribution in [2.45, 2.75) is 13.5 Å². The molecular weight excluding hydrogens is 162 g/mol. The van der Waals surface area contributed by atoms with Gasteiger partial charge in [0.1, 0.15) is 0 Å². The number of aromatic nitrogens is 1. The molecule has 0 saturated heterocycles. The summed E-state index contributed by atoms with van der Waals surface area (Å²) in [4.78, 5) is 3.94. The van der Waals surface area contributed by atoms with Crippen molar-refractivity contribution < 1.29 is 4.74 Å². The fraction of sp³-hybridized carbons (Fsp3) is 0.375. The molecule has 0 aliphatic carbocycles. The zero-order valence-electron chi connectivity index (χ0n) is 6.60. The minimum absolute atomic E-state index is 0.549. The summed E-state index contributed by atoms with van der Waals surface area (Å²) < 4.78 is 4.98. The van der Waals surface area contributed by atoms with Gasteiger partial charge in [-0.15, -0.1) is 0 Å². The third-order valence-electron chi connectivity index (χ3n) is 1.51. The summed E-state index contributed by atoms with van der Waals surface area (Å²) >= 11 is 5.87. The lowest BCUT2D eigenvalue weighted by Crippen LogP contribution is -1.93. The maximum Gasteiger partial charge on any atom is 0.0731 e. The quantitative estimate of drug-likeness (QED) is 0.681. The summed E-state index contributed by atoms with van der Waals surface area (Å²) in [7, 11) is 1.65. The molecule has 1 rings (SSSR count). The van der Waals surface area contributed by atoms with E-state index in [1.807, 2.05) is 6.92 Å². The van der Waals surface area contributed by atoms with Crippen molar-refractivity contribution in [2.24, 2.45) is 0 Å². The third kappa shape index (κ3) is 1.91. The van der Waals surface area contributed by atoms with Gasteiger partial charge in [0.15, 0.2) is 0 Å². The van der Waals surface area contributed by atoms with E-state index in [-0.39, 0.29) is 0 Å². The van der Waals surface area contributed by atoms with Gasteiger partial charge in [-0.05, 0) is 12.5 Å². The van der Waals surface area contributed by atoms with Gasteiger partial charge in [0.05, 0.1) is 11.6 Å². The van der Waals surface area contributed by atoms with Crippen LogP contribution < -0.4 is 0 Å². The van der Waals surface area contributed by atoms with E-state index >= 15 is 0 Å². The molecular formula is C8H10ClNO. The van der Waals surface area contributed by atoms with Crippen LogP contribution >= 0.6 is 11.6 Å². The van der Waals surface area contributed by atoms with E-state index in [9.17, 15) is 0 Å². The molecule has 2 nitrogen and oxygen atoms in total.